The first-order valence-electron chi connectivity index (χ1n) is 9.02. The van der Waals surface area contributed by atoms with Crippen molar-refractivity contribution in [3.05, 3.63) is 69.9 Å². The predicted molar refractivity (Wildman–Crippen MR) is 111 cm³/mol. The van der Waals surface area contributed by atoms with Crippen molar-refractivity contribution in [3.8, 4) is 11.5 Å². The van der Waals surface area contributed by atoms with E-state index in [-0.39, 0.29) is 24.7 Å². The Kier molecular flexibility index (Phi) is 7.84. The lowest BCUT2D eigenvalue weighted by molar-refractivity contribution is -0.385. The molecule has 0 saturated heterocycles. The van der Waals surface area contributed by atoms with Crippen LogP contribution in [-0.4, -0.2) is 45.3 Å². The summed E-state index contributed by atoms with van der Waals surface area (Å²) in [6, 6.07) is 14.6. The molecule has 0 atom stereocenters. The van der Waals surface area contributed by atoms with Crippen LogP contribution in [0.4, 0.5) is 5.69 Å². The second-order valence-electron chi connectivity index (χ2n) is 6.32. The van der Waals surface area contributed by atoms with Gasteiger partial charge in [-0.15, -0.1) is 0 Å². The summed E-state index contributed by atoms with van der Waals surface area (Å²) >= 11 is 0. The molecule has 31 heavy (non-hydrogen) atoms. The molecule has 0 aliphatic rings. The van der Waals surface area contributed by atoms with Crippen LogP contribution in [0.25, 0.3) is 10.9 Å². The fraction of sp³-hybridized carbons (Fsp3) is 0.190. The third kappa shape index (κ3) is 6.67. The molecule has 3 rings (SSSR count). The van der Waals surface area contributed by atoms with Crippen molar-refractivity contribution < 1.29 is 34.2 Å². The lowest BCUT2D eigenvalue weighted by Crippen LogP contribution is -2.10. The smallest absolute Gasteiger partial charge is 0.414 e. The van der Waals surface area contributed by atoms with Gasteiger partial charge in [-0.05, 0) is 37.6 Å². The third-order valence-electron chi connectivity index (χ3n) is 3.92. The molecule has 0 aliphatic carbocycles. The van der Waals surface area contributed by atoms with E-state index in [1.165, 1.54) is 6.07 Å². The quantitative estimate of drug-likeness (QED) is 0.261. The van der Waals surface area contributed by atoms with Crippen LogP contribution < -0.4 is 9.47 Å². The van der Waals surface area contributed by atoms with Crippen molar-refractivity contribution in [1.82, 2.24) is 4.98 Å². The van der Waals surface area contributed by atoms with Crippen molar-refractivity contribution in [1.29, 1.82) is 0 Å². The van der Waals surface area contributed by atoms with E-state index in [0.29, 0.717) is 5.75 Å². The molecule has 0 fully saturated rings. The minimum absolute atomic E-state index is 0.0394. The Morgan fingerprint density at radius 2 is 1.61 bits per heavy atom. The first kappa shape index (κ1) is 23.1. The molecule has 10 heteroatoms. The van der Waals surface area contributed by atoms with Crippen molar-refractivity contribution in [3.63, 3.8) is 0 Å². The van der Waals surface area contributed by atoms with Crippen LogP contribution in [0.2, 0.25) is 0 Å². The number of nitro groups is 1. The van der Waals surface area contributed by atoms with Crippen LogP contribution in [0.3, 0.4) is 0 Å². The number of ether oxygens (including phenoxy) is 2. The summed E-state index contributed by atoms with van der Waals surface area (Å²) in [5.74, 6) is -2.74. The molecule has 10 nitrogen and oxygen atoms in total. The summed E-state index contributed by atoms with van der Waals surface area (Å²) in [7, 11) is 0. The van der Waals surface area contributed by atoms with Gasteiger partial charge in [0.25, 0.3) is 0 Å². The summed E-state index contributed by atoms with van der Waals surface area (Å²) in [6.45, 7) is 4.19. The molecule has 3 aromatic rings. The van der Waals surface area contributed by atoms with E-state index in [1.807, 2.05) is 37.3 Å². The van der Waals surface area contributed by atoms with Gasteiger partial charge in [0, 0.05) is 17.1 Å². The van der Waals surface area contributed by atoms with Gasteiger partial charge in [0.2, 0.25) is 0 Å². The van der Waals surface area contributed by atoms with Gasteiger partial charge in [-0.1, -0.05) is 24.3 Å². The summed E-state index contributed by atoms with van der Waals surface area (Å²) in [5.41, 5.74) is 2.48. The Morgan fingerprint density at radius 1 is 0.968 bits per heavy atom. The zero-order valence-electron chi connectivity index (χ0n) is 16.8. The number of para-hydroxylation sites is 1. The van der Waals surface area contributed by atoms with E-state index in [1.54, 1.807) is 19.1 Å². The van der Waals surface area contributed by atoms with Crippen LogP contribution >= 0.6 is 0 Å². The fourth-order valence-corrected chi connectivity index (χ4v) is 2.53. The normalized spacial score (nSPS) is 10.0. The molecule has 0 aliphatic heterocycles. The van der Waals surface area contributed by atoms with Crippen molar-refractivity contribution in [2.24, 2.45) is 0 Å². The van der Waals surface area contributed by atoms with E-state index in [9.17, 15) is 10.1 Å². The molecule has 0 amide bonds. The summed E-state index contributed by atoms with van der Waals surface area (Å²) in [4.78, 5) is 33.4. The number of carbonyl (C=O) groups is 2. The molecule has 0 spiro atoms. The van der Waals surface area contributed by atoms with Gasteiger partial charge in [-0.25, -0.2) is 14.6 Å². The monoisotopic (exact) mass is 428 g/mol. The van der Waals surface area contributed by atoms with Crippen molar-refractivity contribution in [2.75, 3.05) is 13.2 Å². The fourth-order valence-electron chi connectivity index (χ4n) is 2.53. The minimum atomic E-state index is -1.82. The average Bonchev–Trinajstić information content (AvgIpc) is 2.72. The van der Waals surface area contributed by atoms with Crippen LogP contribution in [0.5, 0.6) is 11.5 Å². The Hall–Kier alpha value is -4.21. The van der Waals surface area contributed by atoms with Gasteiger partial charge in [0.05, 0.1) is 4.92 Å². The Morgan fingerprint density at radius 3 is 2.23 bits per heavy atom. The maximum Gasteiger partial charge on any atom is 0.414 e. The first-order chi connectivity index (χ1) is 14.7. The number of nitro benzene ring substituents is 1. The number of aliphatic carboxylic acids is 2. The molecule has 2 aromatic carbocycles. The molecule has 0 radical (unpaired) electrons. The van der Waals surface area contributed by atoms with Crippen LogP contribution in [-0.2, 0) is 9.59 Å². The highest BCUT2D eigenvalue weighted by Gasteiger charge is 2.15. The summed E-state index contributed by atoms with van der Waals surface area (Å²) < 4.78 is 11.3. The van der Waals surface area contributed by atoms with Gasteiger partial charge in [0.1, 0.15) is 24.5 Å². The Bertz CT molecular complexity index is 1100. The number of carboxylic acids is 2. The van der Waals surface area contributed by atoms with Gasteiger partial charge < -0.3 is 19.7 Å². The lowest BCUT2D eigenvalue weighted by atomic mass is 10.2. The molecule has 2 N–H and O–H groups in total. The first-order valence-corrected chi connectivity index (χ1v) is 9.02. The van der Waals surface area contributed by atoms with E-state index >= 15 is 0 Å². The minimum Gasteiger partial charge on any atom is -0.488 e. The number of rotatable bonds is 6. The third-order valence-corrected chi connectivity index (χ3v) is 3.92. The maximum atomic E-state index is 11.1. The molecular formula is C21H20N2O8. The number of aromatic nitrogens is 1. The number of hydrogen-bond donors (Lipinski definition) is 2. The number of aryl methyl sites for hydroxylation is 2. The molecule has 0 bridgehead atoms. The summed E-state index contributed by atoms with van der Waals surface area (Å²) in [5, 5.41) is 26.9. The number of benzene rings is 2. The van der Waals surface area contributed by atoms with Gasteiger partial charge in [0.15, 0.2) is 5.75 Å². The standard InChI is InChI=1S/C19H18N2O4.C2H2O4/c1-13-6-9-17(16(12-13)21(22)23)24-10-11-25-18-5-3-4-15-8-7-14(2)20-19(15)18;3-1(4)2(5)6/h3-9,12H,10-11H2,1-2H3;(H,3,4)(H,5,6). The Labute approximate surface area is 176 Å². The number of carboxylic acid groups (broad SMARTS) is 2. The second-order valence-corrected chi connectivity index (χ2v) is 6.32. The number of pyridine rings is 1. The van der Waals surface area contributed by atoms with Crippen LogP contribution in [0.1, 0.15) is 11.3 Å². The largest absolute Gasteiger partial charge is 0.488 e. The van der Waals surface area contributed by atoms with Gasteiger partial charge in [-0.3, -0.25) is 10.1 Å². The topological polar surface area (TPSA) is 149 Å². The van der Waals surface area contributed by atoms with E-state index < -0.39 is 16.9 Å². The van der Waals surface area contributed by atoms with E-state index in [0.717, 1.165) is 22.2 Å². The highest BCUT2D eigenvalue weighted by Crippen LogP contribution is 2.28. The van der Waals surface area contributed by atoms with Crippen molar-refractivity contribution >= 4 is 28.5 Å². The number of hydrogen-bond acceptors (Lipinski definition) is 7. The highest BCUT2D eigenvalue weighted by atomic mass is 16.6. The van der Waals surface area contributed by atoms with E-state index in [2.05, 4.69) is 4.98 Å². The number of fused-ring (bicyclic) bond motifs is 1. The van der Waals surface area contributed by atoms with Crippen molar-refractivity contribution in [2.45, 2.75) is 13.8 Å². The lowest BCUT2D eigenvalue weighted by Gasteiger charge is -2.11. The van der Waals surface area contributed by atoms with Gasteiger partial charge >= 0.3 is 17.6 Å². The number of nitrogens with zero attached hydrogens (tertiary/aromatic N) is 2. The van der Waals surface area contributed by atoms with Crippen LogP contribution in [0.15, 0.2) is 48.5 Å². The molecule has 1 aromatic heterocycles. The molecular weight excluding hydrogens is 408 g/mol. The zero-order valence-corrected chi connectivity index (χ0v) is 16.8. The zero-order chi connectivity index (χ0) is 23.0. The molecule has 162 valence electrons. The second kappa shape index (κ2) is 10.5. The molecule has 0 unspecified atom stereocenters. The van der Waals surface area contributed by atoms with E-state index in [4.69, 9.17) is 29.3 Å². The SMILES string of the molecule is Cc1ccc(OCCOc2cccc3ccc(C)nc23)c([N+](=O)[O-])c1.O=C(O)C(=O)O. The Balaban J connectivity index is 0.000000501. The summed E-state index contributed by atoms with van der Waals surface area (Å²) in [6.07, 6.45) is 0. The van der Waals surface area contributed by atoms with Crippen LogP contribution in [0, 0.1) is 24.0 Å². The maximum absolute atomic E-state index is 11.1. The van der Waals surface area contributed by atoms with Gasteiger partial charge in [-0.2, -0.15) is 0 Å². The average molecular weight is 428 g/mol. The molecule has 0 saturated carbocycles. The highest BCUT2D eigenvalue weighted by molar-refractivity contribution is 6.27. The molecule has 1 heterocycles. The predicted octanol–water partition coefficient (Wildman–Crippen LogP) is 3.37.